The molecule has 0 saturated carbocycles. The van der Waals surface area contributed by atoms with Crippen LogP contribution >= 0.6 is 0 Å². The summed E-state index contributed by atoms with van der Waals surface area (Å²) in [5.74, 6) is -0.669. The van der Waals surface area contributed by atoms with Crippen LogP contribution in [0.25, 0.3) is 0 Å². The molecule has 5 nitrogen and oxygen atoms in total. The molecule has 0 fully saturated rings. The summed E-state index contributed by atoms with van der Waals surface area (Å²) in [5.41, 5.74) is -0.629. The van der Waals surface area contributed by atoms with Crippen molar-refractivity contribution in [1.29, 1.82) is 0 Å². The van der Waals surface area contributed by atoms with E-state index in [1.807, 2.05) is 26.6 Å². The summed E-state index contributed by atoms with van der Waals surface area (Å²) < 4.78 is 34.8. The van der Waals surface area contributed by atoms with Crippen molar-refractivity contribution < 1.29 is 21.8 Å². The highest BCUT2D eigenvalue weighted by molar-refractivity contribution is 7.86. The molecule has 0 atom stereocenters. The summed E-state index contributed by atoms with van der Waals surface area (Å²) in [6, 6.07) is 6.24. The third-order valence-corrected chi connectivity index (χ3v) is 4.80. The summed E-state index contributed by atoms with van der Waals surface area (Å²) in [6.45, 7) is 10.2. The van der Waals surface area contributed by atoms with E-state index < -0.39 is 30.0 Å². The Morgan fingerprint density at radius 2 is 1.57 bits per heavy atom. The zero-order valence-corrected chi connectivity index (χ0v) is 15.1. The number of aryl methyl sites for hydroxylation is 1. The number of benzene rings is 1. The molecule has 21 heavy (non-hydrogen) atoms. The highest BCUT2D eigenvalue weighted by Gasteiger charge is 2.39. The van der Waals surface area contributed by atoms with E-state index >= 15 is 0 Å². The lowest BCUT2D eigenvalue weighted by molar-refractivity contribution is -0.149. The molecule has 0 saturated heterocycles. The summed E-state index contributed by atoms with van der Waals surface area (Å²) >= 11 is 0. The van der Waals surface area contributed by atoms with Crippen LogP contribution in [0.5, 0.6) is 0 Å². The molecule has 0 aromatic heterocycles. The molecule has 0 amide bonds. The third-order valence-electron chi connectivity index (χ3n) is 2.52. The Labute approximate surface area is 127 Å². The summed E-state index contributed by atoms with van der Waals surface area (Å²) in [5, 5.41) is 0. The Balaban J connectivity index is 2.96. The fourth-order valence-electron chi connectivity index (χ4n) is 1.46. The van der Waals surface area contributed by atoms with Crippen molar-refractivity contribution in [3.05, 3.63) is 29.8 Å². The predicted octanol–water partition coefficient (Wildman–Crippen LogP) is 2.86. The highest BCUT2D eigenvalue weighted by Crippen LogP contribution is 2.23. The van der Waals surface area contributed by atoms with E-state index in [9.17, 15) is 13.2 Å². The van der Waals surface area contributed by atoms with Crippen molar-refractivity contribution in [2.75, 3.05) is 0 Å². The van der Waals surface area contributed by atoms with Crippen molar-refractivity contribution in [1.82, 2.24) is 0 Å². The second-order valence-corrected chi connectivity index (χ2v) is 12.3. The fraction of sp³-hybridized carbons (Fsp3) is 0.500. The fourth-order valence-corrected chi connectivity index (χ4v) is 3.45. The number of hydrogen-bond donors (Lipinski definition) is 0. The van der Waals surface area contributed by atoms with Gasteiger partial charge in [-0.25, -0.2) is 4.18 Å². The van der Waals surface area contributed by atoms with E-state index in [1.165, 1.54) is 26.0 Å². The van der Waals surface area contributed by atoms with Crippen LogP contribution in [0, 0.1) is 6.92 Å². The van der Waals surface area contributed by atoms with Crippen LogP contribution < -0.4 is 0 Å². The van der Waals surface area contributed by atoms with Gasteiger partial charge in [-0.2, -0.15) is 8.42 Å². The van der Waals surface area contributed by atoms with Gasteiger partial charge in [0.25, 0.3) is 10.1 Å². The first kappa shape index (κ1) is 17.9. The molecule has 0 N–H and O–H groups in total. The van der Waals surface area contributed by atoms with Gasteiger partial charge in [0.15, 0.2) is 5.60 Å². The minimum absolute atomic E-state index is 0.0157. The first-order valence-electron chi connectivity index (χ1n) is 6.59. The Bertz CT molecular complexity index is 612. The molecule has 1 aromatic rings. The second kappa shape index (κ2) is 5.90. The van der Waals surface area contributed by atoms with E-state index in [1.54, 1.807) is 12.1 Å². The highest BCUT2D eigenvalue weighted by atomic mass is 32.2. The van der Waals surface area contributed by atoms with E-state index in [2.05, 4.69) is 0 Å². The standard InChI is InChI=1S/C14H22O5SSi/c1-11-7-9-12(10-8-11)20(16,17)19-14(2,3)13(15)18-21(4,5)6/h7-10H,1-6H3. The lowest BCUT2D eigenvalue weighted by atomic mass is 10.1. The van der Waals surface area contributed by atoms with E-state index in [4.69, 9.17) is 8.61 Å². The Morgan fingerprint density at radius 3 is 2.00 bits per heavy atom. The average Bonchev–Trinajstić information content (AvgIpc) is 2.25. The smallest absolute Gasteiger partial charge is 0.326 e. The molecule has 7 heteroatoms. The average molecular weight is 330 g/mol. The van der Waals surface area contributed by atoms with Gasteiger partial charge in [0.2, 0.25) is 8.32 Å². The maximum absolute atomic E-state index is 12.2. The third kappa shape index (κ3) is 5.26. The zero-order valence-electron chi connectivity index (χ0n) is 13.3. The van der Waals surface area contributed by atoms with Gasteiger partial charge in [-0.15, -0.1) is 0 Å². The van der Waals surface area contributed by atoms with Gasteiger partial charge < -0.3 is 4.43 Å². The SMILES string of the molecule is Cc1ccc(S(=O)(=O)OC(C)(C)C(=O)O[Si](C)(C)C)cc1. The van der Waals surface area contributed by atoms with Crippen molar-refractivity contribution in [2.24, 2.45) is 0 Å². The lowest BCUT2D eigenvalue weighted by Crippen LogP contribution is -2.43. The molecule has 0 bridgehead atoms. The Hall–Kier alpha value is -1.18. The van der Waals surface area contributed by atoms with Crippen molar-refractivity contribution in [2.45, 2.75) is 50.9 Å². The van der Waals surface area contributed by atoms with Crippen LogP contribution in [-0.2, 0) is 23.5 Å². The first-order valence-corrected chi connectivity index (χ1v) is 11.4. The van der Waals surface area contributed by atoms with Crippen LogP contribution in [0.15, 0.2) is 29.2 Å². The lowest BCUT2D eigenvalue weighted by Gasteiger charge is -2.27. The minimum Gasteiger partial charge on any atom is -0.518 e. The largest absolute Gasteiger partial charge is 0.518 e. The topological polar surface area (TPSA) is 69.7 Å². The monoisotopic (exact) mass is 330 g/mol. The molecule has 0 spiro atoms. The maximum Gasteiger partial charge on any atom is 0.326 e. The van der Waals surface area contributed by atoms with Gasteiger partial charge in [0.1, 0.15) is 0 Å². The molecule has 0 aliphatic carbocycles. The predicted molar refractivity (Wildman–Crippen MR) is 83.0 cm³/mol. The van der Waals surface area contributed by atoms with E-state index in [0.717, 1.165) is 5.56 Å². The Kier molecular flexibility index (Phi) is 5.02. The van der Waals surface area contributed by atoms with Crippen molar-refractivity contribution >= 4 is 24.4 Å². The van der Waals surface area contributed by atoms with Crippen molar-refractivity contribution in [3.63, 3.8) is 0 Å². The van der Waals surface area contributed by atoms with Gasteiger partial charge in [0.05, 0.1) is 4.90 Å². The maximum atomic E-state index is 12.2. The molecular weight excluding hydrogens is 308 g/mol. The molecular formula is C14H22O5SSi. The molecule has 0 aliphatic heterocycles. The molecule has 0 unspecified atom stereocenters. The number of carbonyl (C=O) groups is 1. The van der Waals surface area contributed by atoms with Gasteiger partial charge in [-0.3, -0.25) is 4.79 Å². The summed E-state index contributed by atoms with van der Waals surface area (Å²) in [7, 11) is -6.14. The summed E-state index contributed by atoms with van der Waals surface area (Å²) in [6.07, 6.45) is 0. The number of carbonyl (C=O) groups excluding carboxylic acids is 1. The second-order valence-electron chi connectivity index (χ2n) is 6.36. The van der Waals surface area contributed by atoms with Crippen LogP contribution in [0.2, 0.25) is 19.6 Å². The van der Waals surface area contributed by atoms with E-state index in [-0.39, 0.29) is 4.90 Å². The molecule has 118 valence electrons. The van der Waals surface area contributed by atoms with Crippen LogP contribution in [0.4, 0.5) is 0 Å². The van der Waals surface area contributed by atoms with Crippen LogP contribution in [0.1, 0.15) is 19.4 Å². The zero-order chi connectivity index (χ0) is 16.5. The molecule has 0 radical (unpaired) electrons. The number of rotatable bonds is 5. The van der Waals surface area contributed by atoms with Gasteiger partial charge in [-0.05, 0) is 52.5 Å². The van der Waals surface area contributed by atoms with Gasteiger partial charge >= 0.3 is 5.97 Å². The Morgan fingerprint density at radius 1 is 1.10 bits per heavy atom. The normalized spacial score (nSPS) is 13.0. The van der Waals surface area contributed by atoms with Gasteiger partial charge in [-0.1, -0.05) is 17.7 Å². The minimum atomic E-state index is -4.02. The van der Waals surface area contributed by atoms with Gasteiger partial charge in [0, 0.05) is 0 Å². The van der Waals surface area contributed by atoms with E-state index in [0.29, 0.717) is 0 Å². The quantitative estimate of drug-likeness (QED) is 0.613. The molecule has 0 aliphatic rings. The van der Waals surface area contributed by atoms with Crippen molar-refractivity contribution in [3.8, 4) is 0 Å². The molecule has 0 heterocycles. The van der Waals surface area contributed by atoms with Crippen LogP contribution in [-0.4, -0.2) is 28.3 Å². The molecule has 1 rings (SSSR count). The first-order chi connectivity index (χ1) is 9.33. The summed E-state index contributed by atoms with van der Waals surface area (Å²) in [4.78, 5) is 12.1. The van der Waals surface area contributed by atoms with Crippen LogP contribution in [0.3, 0.4) is 0 Å². The molecule has 1 aromatic carbocycles. The number of hydrogen-bond acceptors (Lipinski definition) is 5.